The van der Waals surface area contributed by atoms with Crippen LogP contribution in [0.5, 0.6) is 0 Å². The molecule has 0 unspecified atom stereocenters. The highest BCUT2D eigenvalue weighted by atomic mass is 16.4. The van der Waals surface area contributed by atoms with E-state index in [1.54, 1.807) is 18.5 Å². The summed E-state index contributed by atoms with van der Waals surface area (Å²) in [5.41, 5.74) is 2.87. The van der Waals surface area contributed by atoms with E-state index in [-0.39, 0.29) is 11.4 Å². The maximum absolute atomic E-state index is 12.5. The minimum Gasteiger partial charge on any atom is -0.476 e. The Morgan fingerprint density at radius 2 is 2.08 bits per heavy atom. The monoisotopic (exact) mass is 325 g/mol. The van der Waals surface area contributed by atoms with Gasteiger partial charge in [0.1, 0.15) is 0 Å². The van der Waals surface area contributed by atoms with Gasteiger partial charge in [-0.2, -0.15) is 5.10 Å². The maximum atomic E-state index is 12.5. The smallest absolute Gasteiger partial charge is 0.356 e. The molecule has 0 aliphatic rings. The number of pyridine rings is 1. The molecule has 122 valence electrons. The second kappa shape index (κ2) is 5.99. The van der Waals surface area contributed by atoms with Crippen molar-refractivity contribution in [2.45, 2.75) is 13.8 Å². The van der Waals surface area contributed by atoms with Gasteiger partial charge in [0.15, 0.2) is 5.69 Å². The SMILES string of the molecule is Cc1cc(C(=O)Nc2cn[nH]c2C(=O)O)c(C)n1-c1cccnc1. The maximum Gasteiger partial charge on any atom is 0.356 e. The molecule has 0 aliphatic heterocycles. The number of aryl methyl sites for hydroxylation is 1. The Balaban J connectivity index is 1.94. The van der Waals surface area contributed by atoms with Gasteiger partial charge in [0.25, 0.3) is 5.91 Å². The Kier molecular flexibility index (Phi) is 3.87. The molecule has 1 amide bonds. The molecule has 0 saturated carbocycles. The lowest BCUT2D eigenvalue weighted by atomic mass is 10.2. The topological polar surface area (TPSA) is 113 Å². The first-order valence-corrected chi connectivity index (χ1v) is 7.16. The molecular formula is C16H15N5O3. The number of nitrogens with one attached hydrogen (secondary N) is 2. The van der Waals surface area contributed by atoms with Crippen molar-refractivity contribution in [2.24, 2.45) is 0 Å². The van der Waals surface area contributed by atoms with Crippen LogP contribution in [0.3, 0.4) is 0 Å². The van der Waals surface area contributed by atoms with Crippen LogP contribution in [0.1, 0.15) is 32.2 Å². The summed E-state index contributed by atoms with van der Waals surface area (Å²) in [5.74, 6) is -1.59. The van der Waals surface area contributed by atoms with Crippen LogP contribution in [0.15, 0.2) is 36.8 Å². The third kappa shape index (κ3) is 2.65. The number of aromatic amines is 1. The Morgan fingerprint density at radius 1 is 1.29 bits per heavy atom. The highest BCUT2D eigenvalue weighted by molar-refractivity contribution is 6.08. The molecule has 0 radical (unpaired) electrons. The molecule has 0 aliphatic carbocycles. The fourth-order valence-corrected chi connectivity index (χ4v) is 2.61. The van der Waals surface area contributed by atoms with Crippen molar-refractivity contribution in [2.75, 3.05) is 5.32 Å². The summed E-state index contributed by atoms with van der Waals surface area (Å²) in [4.78, 5) is 27.7. The zero-order valence-corrected chi connectivity index (χ0v) is 13.1. The lowest BCUT2D eigenvalue weighted by Gasteiger charge is -2.09. The molecule has 3 aromatic rings. The van der Waals surface area contributed by atoms with Crippen LogP contribution in [-0.2, 0) is 0 Å². The highest BCUT2D eigenvalue weighted by Gasteiger charge is 2.20. The summed E-state index contributed by atoms with van der Waals surface area (Å²) in [6.07, 6.45) is 4.65. The van der Waals surface area contributed by atoms with Crippen LogP contribution >= 0.6 is 0 Å². The van der Waals surface area contributed by atoms with Crippen molar-refractivity contribution in [3.63, 3.8) is 0 Å². The van der Waals surface area contributed by atoms with Crippen LogP contribution in [0.25, 0.3) is 5.69 Å². The van der Waals surface area contributed by atoms with Crippen molar-refractivity contribution in [1.29, 1.82) is 0 Å². The summed E-state index contributed by atoms with van der Waals surface area (Å²) in [6.45, 7) is 3.71. The summed E-state index contributed by atoms with van der Waals surface area (Å²) in [7, 11) is 0. The molecule has 8 heteroatoms. The van der Waals surface area contributed by atoms with Gasteiger partial charge in [0, 0.05) is 17.6 Å². The summed E-state index contributed by atoms with van der Waals surface area (Å²) >= 11 is 0. The molecule has 8 nitrogen and oxygen atoms in total. The van der Waals surface area contributed by atoms with E-state index in [4.69, 9.17) is 5.11 Å². The van der Waals surface area contributed by atoms with E-state index < -0.39 is 11.9 Å². The van der Waals surface area contributed by atoms with Gasteiger partial charge in [-0.1, -0.05) is 0 Å². The van der Waals surface area contributed by atoms with E-state index in [0.29, 0.717) is 5.56 Å². The largest absolute Gasteiger partial charge is 0.476 e. The number of carboxylic acid groups (broad SMARTS) is 1. The number of carbonyl (C=O) groups excluding carboxylic acids is 1. The highest BCUT2D eigenvalue weighted by Crippen LogP contribution is 2.22. The Labute approximate surface area is 137 Å². The fourth-order valence-electron chi connectivity index (χ4n) is 2.61. The van der Waals surface area contributed by atoms with Crippen molar-refractivity contribution >= 4 is 17.6 Å². The number of aromatic nitrogens is 4. The van der Waals surface area contributed by atoms with E-state index >= 15 is 0 Å². The quantitative estimate of drug-likeness (QED) is 0.680. The molecule has 3 rings (SSSR count). The number of anilines is 1. The molecule has 24 heavy (non-hydrogen) atoms. The zero-order valence-electron chi connectivity index (χ0n) is 13.1. The minimum atomic E-state index is -1.19. The van der Waals surface area contributed by atoms with Crippen molar-refractivity contribution in [3.05, 3.63) is 59.4 Å². The first-order chi connectivity index (χ1) is 11.5. The molecular weight excluding hydrogens is 310 g/mol. The predicted octanol–water partition coefficient (Wildman–Crippen LogP) is 2.16. The van der Waals surface area contributed by atoms with Gasteiger partial charge in [-0.25, -0.2) is 4.79 Å². The van der Waals surface area contributed by atoms with Gasteiger partial charge in [0.2, 0.25) is 0 Å². The van der Waals surface area contributed by atoms with Crippen LogP contribution in [0.2, 0.25) is 0 Å². The normalized spacial score (nSPS) is 10.6. The molecule has 3 heterocycles. The molecule has 0 aromatic carbocycles. The number of nitrogens with zero attached hydrogens (tertiary/aromatic N) is 3. The first kappa shape index (κ1) is 15.5. The minimum absolute atomic E-state index is 0.124. The first-order valence-electron chi connectivity index (χ1n) is 7.16. The zero-order chi connectivity index (χ0) is 17.3. The lowest BCUT2D eigenvalue weighted by molar-refractivity contribution is 0.0691. The number of carbonyl (C=O) groups is 2. The summed E-state index contributed by atoms with van der Waals surface area (Å²) in [5, 5.41) is 17.6. The van der Waals surface area contributed by atoms with Crippen molar-refractivity contribution in [1.82, 2.24) is 19.7 Å². The molecule has 0 atom stereocenters. The standard InChI is InChI=1S/C16H15N5O3/c1-9-6-12(10(2)21(9)11-4-3-5-17-7-11)15(22)19-13-8-18-20-14(13)16(23)24/h3-8H,1-2H3,(H,18,20)(H,19,22)(H,23,24). The van der Waals surface area contributed by atoms with Crippen LogP contribution < -0.4 is 5.32 Å². The number of H-pyrrole nitrogens is 1. The third-order valence-electron chi connectivity index (χ3n) is 3.68. The Morgan fingerprint density at radius 3 is 2.75 bits per heavy atom. The molecule has 0 fully saturated rings. The van der Waals surface area contributed by atoms with Gasteiger partial charge in [-0.3, -0.25) is 14.9 Å². The van der Waals surface area contributed by atoms with Gasteiger partial charge < -0.3 is 15.0 Å². The fraction of sp³-hybridized carbons (Fsp3) is 0.125. The molecule has 0 bridgehead atoms. The second-order valence-corrected chi connectivity index (χ2v) is 5.25. The van der Waals surface area contributed by atoms with Gasteiger partial charge in [0.05, 0.1) is 29.3 Å². The summed E-state index contributed by atoms with van der Waals surface area (Å²) in [6, 6.07) is 5.46. The van der Waals surface area contributed by atoms with Crippen molar-refractivity contribution in [3.8, 4) is 5.69 Å². The average Bonchev–Trinajstić information content (AvgIpc) is 3.12. The van der Waals surface area contributed by atoms with Gasteiger partial charge in [-0.15, -0.1) is 0 Å². The van der Waals surface area contributed by atoms with E-state index in [1.807, 2.05) is 30.5 Å². The van der Waals surface area contributed by atoms with E-state index in [1.165, 1.54) is 6.20 Å². The number of hydrogen-bond acceptors (Lipinski definition) is 4. The number of amides is 1. The Hall–Kier alpha value is -3.42. The molecule has 3 aromatic heterocycles. The van der Waals surface area contributed by atoms with E-state index in [0.717, 1.165) is 17.1 Å². The average molecular weight is 325 g/mol. The molecule has 0 spiro atoms. The Bertz CT molecular complexity index is 911. The van der Waals surface area contributed by atoms with Crippen LogP contribution in [0, 0.1) is 13.8 Å². The lowest BCUT2D eigenvalue weighted by Crippen LogP contribution is -2.15. The van der Waals surface area contributed by atoms with E-state index in [2.05, 4.69) is 20.5 Å². The van der Waals surface area contributed by atoms with Crippen LogP contribution in [-0.4, -0.2) is 36.7 Å². The summed E-state index contributed by atoms with van der Waals surface area (Å²) < 4.78 is 1.91. The number of carboxylic acids is 1. The number of rotatable bonds is 4. The predicted molar refractivity (Wildman–Crippen MR) is 86.5 cm³/mol. The van der Waals surface area contributed by atoms with Crippen molar-refractivity contribution < 1.29 is 14.7 Å². The number of hydrogen-bond donors (Lipinski definition) is 3. The third-order valence-corrected chi connectivity index (χ3v) is 3.68. The second-order valence-electron chi connectivity index (χ2n) is 5.25. The van der Waals surface area contributed by atoms with E-state index in [9.17, 15) is 9.59 Å². The molecule has 0 saturated heterocycles. The molecule has 3 N–H and O–H groups in total. The number of aromatic carboxylic acids is 1. The van der Waals surface area contributed by atoms with Gasteiger partial charge >= 0.3 is 5.97 Å². The van der Waals surface area contributed by atoms with Crippen LogP contribution in [0.4, 0.5) is 5.69 Å². The van der Waals surface area contributed by atoms with Gasteiger partial charge in [-0.05, 0) is 32.0 Å².